The summed E-state index contributed by atoms with van der Waals surface area (Å²) in [5.74, 6) is -0.235. The number of ether oxygens (including phenoxy) is 2. The third-order valence-electron chi connectivity index (χ3n) is 3.17. The van der Waals surface area contributed by atoms with Gasteiger partial charge >= 0.3 is 0 Å². The lowest BCUT2D eigenvalue weighted by Gasteiger charge is -2.39. The molecular formula is C16H17FN2O2. The van der Waals surface area contributed by atoms with Gasteiger partial charge in [-0.05, 0) is 30.3 Å². The quantitative estimate of drug-likeness (QED) is 0.856. The molecule has 2 N–H and O–H groups in total. The smallest absolute Gasteiger partial charge is 0.252 e. The minimum Gasteiger partial charge on any atom is -0.486 e. The maximum atomic E-state index is 12.5. The average Bonchev–Trinajstić information content (AvgIpc) is 2.52. The van der Waals surface area contributed by atoms with E-state index < -0.39 is 12.5 Å². The minimum absolute atomic E-state index is 0.0115. The first kappa shape index (κ1) is 13.7. The molecule has 0 fully saturated rings. The number of para-hydroxylation sites is 1. The molecule has 110 valence electrons. The van der Waals surface area contributed by atoms with Crippen molar-refractivity contribution in [3.05, 3.63) is 54.6 Å². The van der Waals surface area contributed by atoms with Crippen molar-refractivity contribution in [3.8, 4) is 5.75 Å². The van der Waals surface area contributed by atoms with Crippen molar-refractivity contribution < 1.29 is 13.9 Å². The monoisotopic (exact) mass is 288 g/mol. The van der Waals surface area contributed by atoms with Gasteiger partial charge in [0.15, 0.2) is 6.61 Å². The molecule has 0 amide bonds. The molecule has 1 heterocycles. The number of anilines is 2. The predicted molar refractivity (Wildman–Crippen MR) is 80.3 cm³/mol. The first-order valence-corrected chi connectivity index (χ1v) is 6.84. The molecule has 2 aromatic carbocycles. The standard InChI is InChI=1S/C16H17FN2O2/c17-9-10-21-16(12-20-15-7-2-1-3-8-15)18-13-5-4-6-14(11-13)19-16/h1-8,11,18-19H,9-10,12H2. The Morgan fingerprint density at radius 3 is 2.33 bits per heavy atom. The molecule has 0 saturated carbocycles. The summed E-state index contributed by atoms with van der Waals surface area (Å²) in [6, 6.07) is 17.2. The molecule has 1 aliphatic rings. The fourth-order valence-electron chi connectivity index (χ4n) is 2.27. The molecule has 21 heavy (non-hydrogen) atoms. The van der Waals surface area contributed by atoms with Gasteiger partial charge in [0.2, 0.25) is 0 Å². The van der Waals surface area contributed by atoms with E-state index >= 15 is 0 Å². The number of benzene rings is 2. The molecule has 0 atom stereocenters. The molecule has 0 spiro atoms. The summed E-state index contributed by atoms with van der Waals surface area (Å²) < 4.78 is 23.9. The van der Waals surface area contributed by atoms with E-state index in [4.69, 9.17) is 9.47 Å². The minimum atomic E-state index is -0.970. The normalized spacial score (nSPS) is 14.9. The second-order valence-electron chi connectivity index (χ2n) is 4.80. The molecule has 2 aromatic rings. The fraction of sp³-hybridized carbons (Fsp3) is 0.250. The SMILES string of the molecule is FCCOC1(COc2ccccc2)Nc2cccc(c2)N1. The van der Waals surface area contributed by atoms with Crippen LogP contribution in [0.25, 0.3) is 0 Å². The Morgan fingerprint density at radius 1 is 0.952 bits per heavy atom. The van der Waals surface area contributed by atoms with E-state index in [0.717, 1.165) is 17.1 Å². The van der Waals surface area contributed by atoms with Gasteiger partial charge in [0, 0.05) is 11.4 Å². The van der Waals surface area contributed by atoms with Crippen LogP contribution in [0.3, 0.4) is 0 Å². The highest BCUT2D eigenvalue weighted by Gasteiger charge is 2.35. The lowest BCUT2D eigenvalue weighted by atomic mass is 10.2. The fourth-order valence-corrected chi connectivity index (χ4v) is 2.27. The van der Waals surface area contributed by atoms with Crippen molar-refractivity contribution >= 4 is 11.4 Å². The Morgan fingerprint density at radius 2 is 1.67 bits per heavy atom. The average molecular weight is 288 g/mol. The van der Waals surface area contributed by atoms with Gasteiger partial charge in [0.25, 0.3) is 5.85 Å². The van der Waals surface area contributed by atoms with Crippen LogP contribution in [-0.2, 0) is 4.74 Å². The Balaban J connectivity index is 1.75. The molecule has 5 heteroatoms. The first-order chi connectivity index (χ1) is 10.3. The zero-order valence-corrected chi connectivity index (χ0v) is 11.5. The molecule has 0 saturated heterocycles. The van der Waals surface area contributed by atoms with Gasteiger partial charge in [0.05, 0.1) is 6.61 Å². The molecule has 3 rings (SSSR count). The van der Waals surface area contributed by atoms with Gasteiger partial charge in [-0.25, -0.2) is 4.39 Å². The van der Waals surface area contributed by atoms with Crippen LogP contribution < -0.4 is 15.4 Å². The van der Waals surface area contributed by atoms with Crippen molar-refractivity contribution in [2.75, 3.05) is 30.5 Å². The molecule has 1 aliphatic heterocycles. The summed E-state index contributed by atoms with van der Waals surface area (Å²) in [5, 5.41) is 6.42. The van der Waals surface area contributed by atoms with Crippen LogP contribution in [0, 0.1) is 0 Å². The zero-order valence-electron chi connectivity index (χ0n) is 11.5. The van der Waals surface area contributed by atoms with Crippen molar-refractivity contribution in [3.63, 3.8) is 0 Å². The summed E-state index contributed by atoms with van der Waals surface area (Å²) in [7, 11) is 0. The number of hydrogen-bond donors (Lipinski definition) is 2. The highest BCUT2D eigenvalue weighted by atomic mass is 19.1. The number of rotatable bonds is 6. The van der Waals surface area contributed by atoms with Crippen LogP contribution in [0.4, 0.5) is 15.8 Å². The Labute approximate surface area is 122 Å². The Hall–Kier alpha value is -2.27. The number of alkyl halides is 1. The predicted octanol–water partition coefficient (Wildman–Crippen LogP) is 3.24. The maximum absolute atomic E-state index is 12.5. The van der Waals surface area contributed by atoms with E-state index in [0.29, 0.717) is 0 Å². The summed E-state index contributed by atoms with van der Waals surface area (Å²) in [5.41, 5.74) is 1.81. The zero-order chi connectivity index (χ0) is 14.5. The van der Waals surface area contributed by atoms with Crippen LogP contribution in [0.15, 0.2) is 54.6 Å². The molecule has 0 unspecified atom stereocenters. The van der Waals surface area contributed by atoms with Gasteiger partial charge in [-0.1, -0.05) is 24.3 Å². The first-order valence-electron chi connectivity index (χ1n) is 6.84. The summed E-state index contributed by atoms with van der Waals surface area (Å²) >= 11 is 0. The second kappa shape index (κ2) is 6.01. The largest absolute Gasteiger partial charge is 0.486 e. The van der Waals surface area contributed by atoms with Gasteiger partial charge in [-0.15, -0.1) is 0 Å². The molecule has 2 bridgehead atoms. The van der Waals surface area contributed by atoms with E-state index in [-0.39, 0.29) is 13.2 Å². The second-order valence-corrected chi connectivity index (χ2v) is 4.80. The van der Waals surface area contributed by atoms with Crippen molar-refractivity contribution in [1.29, 1.82) is 0 Å². The number of hydrogen-bond acceptors (Lipinski definition) is 4. The molecule has 4 nitrogen and oxygen atoms in total. The molecule has 0 aliphatic carbocycles. The van der Waals surface area contributed by atoms with E-state index in [9.17, 15) is 4.39 Å². The van der Waals surface area contributed by atoms with Crippen molar-refractivity contribution in [2.45, 2.75) is 5.85 Å². The summed E-state index contributed by atoms with van der Waals surface area (Å²) in [6.45, 7) is -0.355. The molecular weight excluding hydrogens is 271 g/mol. The van der Waals surface area contributed by atoms with Crippen LogP contribution in [-0.4, -0.2) is 25.7 Å². The third kappa shape index (κ3) is 3.25. The summed E-state index contributed by atoms with van der Waals surface area (Å²) in [6.07, 6.45) is 0. The molecule has 0 aromatic heterocycles. The van der Waals surface area contributed by atoms with E-state index in [1.54, 1.807) is 0 Å². The number of halogens is 1. The van der Waals surface area contributed by atoms with Crippen LogP contribution in [0.2, 0.25) is 0 Å². The van der Waals surface area contributed by atoms with Gasteiger partial charge in [-0.2, -0.15) is 0 Å². The van der Waals surface area contributed by atoms with Crippen LogP contribution in [0.5, 0.6) is 5.75 Å². The third-order valence-corrected chi connectivity index (χ3v) is 3.17. The van der Waals surface area contributed by atoms with E-state index in [1.165, 1.54) is 0 Å². The lowest BCUT2D eigenvalue weighted by Crippen LogP contribution is -2.55. The lowest BCUT2D eigenvalue weighted by molar-refractivity contribution is -0.0381. The number of fused-ring (bicyclic) bond motifs is 2. The Bertz CT molecular complexity index is 571. The highest BCUT2D eigenvalue weighted by Crippen LogP contribution is 2.29. The summed E-state index contributed by atoms with van der Waals surface area (Å²) in [4.78, 5) is 0. The van der Waals surface area contributed by atoms with Gasteiger partial charge < -0.3 is 20.1 Å². The van der Waals surface area contributed by atoms with Gasteiger partial charge in [-0.3, -0.25) is 0 Å². The topological polar surface area (TPSA) is 42.5 Å². The Kier molecular flexibility index (Phi) is 3.92. The van der Waals surface area contributed by atoms with Crippen LogP contribution >= 0.6 is 0 Å². The molecule has 0 radical (unpaired) electrons. The van der Waals surface area contributed by atoms with Crippen molar-refractivity contribution in [1.82, 2.24) is 0 Å². The highest BCUT2D eigenvalue weighted by molar-refractivity contribution is 5.63. The maximum Gasteiger partial charge on any atom is 0.252 e. The van der Waals surface area contributed by atoms with E-state index in [1.807, 2.05) is 54.6 Å². The van der Waals surface area contributed by atoms with Crippen LogP contribution in [0.1, 0.15) is 0 Å². The number of nitrogens with one attached hydrogen (secondary N) is 2. The van der Waals surface area contributed by atoms with E-state index in [2.05, 4.69) is 10.6 Å². The van der Waals surface area contributed by atoms with Gasteiger partial charge in [0.1, 0.15) is 12.4 Å². The van der Waals surface area contributed by atoms with Crippen molar-refractivity contribution in [2.24, 2.45) is 0 Å².